The number of anilines is 1. The van der Waals surface area contributed by atoms with Gasteiger partial charge in [0.15, 0.2) is 5.78 Å². The van der Waals surface area contributed by atoms with Crippen LogP contribution in [0.3, 0.4) is 0 Å². The maximum absolute atomic E-state index is 12.6. The molecule has 1 aliphatic rings. The van der Waals surface area contributed by atoms with E-state index < -0.39 is 0 Å². The minimum Gasteiger partial charge on any atom is -0.493 e. The molecule has 3 heteroatoms. The van der Waals surface area contributed by atoms with Crippen molar-refractivity contribution in [3.8, 4) is 5.75 Å². The quantitative estimate of drug-likeness (QED) is 0.801. The first-order chi connectivity index (χ1) is 9.65. The molecule has 0 aromatic heterocycles. The summed E-state index contributed by atoms with van der Waals surface area (Å²) in [7, 11) is 3.94. The first-order valence-electron chi connectivity index (χ1n) is 6.73. The Bertz CT molecular complexity index is 662. The lowest BCUT2D eigenvalue weighted by molar-refractivity contribution is 0.103. The van der Waals surface area contributed by atoms with Gasteiger partial charge in [-0.3, -0.25) is 4.79 Å². The van der Waals surface area contributed by atoms with Gasteiger partial charge in [0.1, 0.15) is 5.75 Å². The molecule has 2 aromatic carbocycles. The third-order valence-electron chi connectivity index (χ3n) is 3.58. The minimum absolute atomic E-state index is 0.0587. The van der Waals surface area contributed by atoms with E-state index in [1.165, 1.54) is 0 Å². The van der Waals surface area contributed by atoms with Crippen LogP contribution in [0.2, 0.25) is 0 Å². The highest BCUT2D eigenvalue weighted by molar-refractivity contribution is 6.09. The molecule has 0 bridgehead atoms. The van der Waals surface area contributed by atoms with E-state index in [2.05, 4.69) is 0 Å². The summed E-state index contributed by atoms with van der Waals surface area (Å²) in [5.74, 6) is 0.965. The lowest BCUT2D eigenvalue weighted by atomic mass is 10.00. The number of fused-ring (bicyclic) bond motifs is 1. The molecule has 2 aromatic rings. The molecular formula is C17H17NO2. The largest absolute Gasteiger partial charge is 0.493 e. The number of carbonyl (C=O) groups is 1. The molecule has 0 saturated carbocycles. The molecule has 102 valence electrons. The van der Waals surface area contributed by atoms with Gasteiger partial charge in [-0.2, -0.15) is 0 Å². The van der Waals surface area contributed by atoms with Gasteiger partial charge in [-0.15, -0.1) is 0 Å². The van der Waals surface area contributed by atoms with Crippen molar-refractivity contribution in [3.63, 3.8) is 0 Å². The molecule has 0 radical (unpaired) electrons. The molecule has 1 aliphatic heterocycles. The van der Waals surface area contributed by atoms with E-state index >= 15 is 0 Å². The summed E-state index contributed by atoms with van der Waals surface area (Å²) >= 11 is 0. The fraction of sp³-hybridized carbons (Fsp3) is 0.235. The number of benzene rings is 2. The number of carbonyl (C=O) groups excluding carboxylic acids is 1. The molecule has 0 amide bonds. The van der Waals surface area contributed by atoms with Crippen molar-refractivity contribution in [3.05, 3.63) is 59.2 Å². The van der Waals surface area contributed by atoms with Crippen LogP contribution >= 0.6 is 0 Å². The molecule has 0 unspecified atom stereocenters. The van der Waals surface area contributed by atoms with Crippen molar-refractivity contribution in [1.82, 2.24) is 0 Å². The second-order valence-corrected chi connectivity index (χ2v) is 5.19. The number of hydrogen-bond acceptors (Lipinski definition) is 3. The summed E-state index contributed by atoms with van der Waals surface area (Å²) in [5.41, 5.74) is 3.60. The molecule has 0 N–H and O–H groups in total. The van der Waals surface area contributed by atoms with Crippen molar-refractivity contribution in [2.75, 3.05) is 25.6 Å². The van der Waals surface area contributed by atoms with Gasteiger partial charge in [-0.1, -0.05) is 12.1 Å². The Hall–Kier alpha value is -2.29. The second-order valence-electron chi connectivity index (χ2n) is 5.19. The number of nitrogens with zero attached hydrogens (tertiary/aromatic N) is 1. The first-order valence-corrected chi connectivity index (χ1v) is 6.73. The van der Waals surface area contributed by atoms with Crippen molar-refractivity contribution in [2.24, 2.45) is 0 Å². The molecule has 0 aliphatic carbocycles. The zero-order chi connectivity index (χ0) is 14.1. The van der Waals surface area contributed by atoms with Gasteiger partial charge in [-0.05, 0) is 35.9 Å². The van der Waals surface area contributed by atoms with Crippen LogP contribution in [0.1, 0.15) is 21.5 Å². The van der Waals surface area contributed by atoms with Gasteiger partial charge < -0.3 is 9.64 Å². The Morgan fingerprint density at radius 1 is 1.10 bits per heavy atom. The highest BCUT2D eigenvalue weighted by Gasteiger charge is 2.16. The Kier molecular flexibility index (Phi) is 3.18. The Morgan fingerprint density at radius 3 is 2.70 bits per heavy atom. The SMILES string of the molecule is CN(C)c1cccc(C(=O)c2ccc3c(c2)CCO3)c1. The van der Waals surface area contributed by atoms with E-state index in [1.807, 2.05) is 61.5 Å². The van der Waals surface area contributed by atoms with Crippen LogP contribution in [-0.4, -0.2) is 26.5 Å². The smallest absolute Gasteiger partial charge is 0.193 e. The van der Waals surface area contributed by atoms with E-state index in [9.17, 15) is 4.79 Å². The van der Waals surface area contributed by atoms with E-state index in [1.54, 1.807) is 0 Å². The molecule has 0 spiro atoms. The molecule has 3 rings (SSSR count). The van der Waals surface area contributed by atoms with E-state index in [0.717, 1.165) is 34.5 Å². The van der Waals surface area contributed by atoms with Crippen molar-refractivity contribution < 1.29 is 9.53 Å². The van der Waals surface area contributed by atoms with Gasteiger partial charge in [0.25, 0.3) is 0 Å². The number of ether oxygens (including phenoxy) is 1. The summed E-state index contributed by atoms with van der Waals surface area (Å²) < 4.78 is 5.47. The molecule has 3 nitrogen and oxygen atoms in total. The van der Waals surface area contributed by atoms with Crippen LogP contribution in [-0.2, 0) is 6.42 Å². The third kappa shape index (κ3) is 2.27. The lowest BCUT2D eigenvalue weighted by Crippen LogP contribution is -2.10. The zero-order valence-electron chi connectivity index (χ0n) is 11.7. The van der Waals surface area contributed by atoms with Crippen LogP contribution in [0.15, 0.2) is 42.5 Å². The van der Waals surface area contributed by atoms with Crippen LogP contribution in [0, 0.1) is 0 Å². The Morgan fingerprint density at radius 2 is 1.90 bits per heavy atom. The van der Waals surface area contributed by atoms with Crippen molar-refractivity contribution in [2.45, 2.75) is 6.42 Å². The van der Waals surface area contributed by atoms with Gasteiger partial charge >= 0.3 is 0 Å². The topological polar surface area (TPSA) is 29.5 Å². The third-order valence-corrected chi connectivity index (χ3v) is 3.58. The molecular weight excluding hydrogens is 250 g/mol. The normalized spacial score (nSPS) is 12.7. The molecule has 0 fully saturated rings. The highest BCUT2D eigenvalue weighted by atomic mass is 16.5. The maximum atomic E-state index is 12.6. The number of ketones is 1. The van der Waals surface area contributed by atoms with Gasteiger partial charge in [-0.25, -0.2) is 0 Å². The highest BCUT2D eigenvalue weighted by Crippen LogP contribution is 2.27. The summed E-state index contributed by atoms with van der Waals surface area (Å²) in [4.78, 5) is 14.6. The fourth-order valence-electron chi connectivity index (χ4n) is 2.42. The van der Waals surface area contributed by atoms with Crippen molar-refractivity contribution in [1.29, 1.82) is 0 Å². The van der Waals surface area contributed by atoms with Crippen LogP contribution < -0.4 is 9.64 Å². The van der Waals surface area contributed by atoms with E-state index in [4.69, 9.17) is 4.74 Å². The summed E-state index contributed by atoms with van der Waals surface area (Å²) in [5, 5.41) is 0. The molecule has 0 atom stereocenters. The van der Waals surface area contributed by atoms with Gasteiger partial charge in [0, 0.05) is 37.3 Å². The maximum Gasteiger partial charge on any atom is 0.193 e. The zero-order valence-corrected chi connectivity index (χ0v) is 11.7. The molecule has 1 heterocycles. The standard InChI is InChI=1S/C17H17NO2/c1-18(2)15-5-3-4-13(11-15)17(19)14-6-7-16-12(10-14)8-9-20-16/h3-7,10-11H,8-9H2,1-2H3. The second kappa shape index (κ2) is 5.00. The van der Waals surface area contributed by atoms with Gasteiger partial charge in [0.05, 0.1) is 6.61 Å². The molecule has 0 saturated heterocycles. The van der Waals surface area contributed by atoms with Gasteiger partial charge in [0.2, 0.25) is 0 Å². The minimum atomic E-state index is 0.0587. The molecule has 20 heavy (non-hydrogen) atoms. The van der Waals surface area contributed by atoms with Crippen molar-refractivity contribution >= 4 is 11.5 Å². The predicted molar refractivity (Wildman–Crippen MR) is 79.8 cm³/mol. The average molecular weight is 267 g/mol. The van der Waals surface area contributed by atoms with E-state index in [0.29, 0.717) is 6.61 Å². The Balaban J connectivity index is 1.94. The fourth-order valence-corrected chi connectivity index (χ4v) is 2.42. The lowest BCUT2D eigenvalue weighted by Gasteiger charge is -2.13. The summed E-state index contributed by atoms with van der Waals surface area (Å²) in [6, 6.07) is 13.4. The number of rotatable bonds is 3. The predicted octanol–water partition coefficient (Wildman–Crippen LogP) is 2.92. The average Bonchev–Trinajstić information content (AvgIpc) is 2.94. The van der Waals surface area contributed by atoms with Crippen LogP contribution in [0.25, 0.3) is 0 Å². The van der Waals surface area contributed by atoms with E-state index in [-0.39, 0.29) is 5.78 Å². The monoisotopic (exact) mass is 267 g/mol. The summed E-state index contributed by atoms with van der Waals surface area (Å²) in [6.07, 6.45) is 0.883. The van der Waals surface area contributed by atoms with Crippen LogP contribution in [0.4, 0.5) is 5.69 Å². The summed E-state index contributed by atoms with van der Waals surface area (Å²) in [6.45, 7) is 0.711. The Labute approximate surface area is 118 Å². The van der Waals surface area contributed by atoms with Crippen LogP contribution in [0.5, 0.6) is 5.75 Å². The number of hydrogen-bond donors (Lipinski definition) is 0. The first kappa shape index (κ1) is 12.7.